The Hall–Kier alpha value is -9.32. The van der Waals surface area contributed by atoms with Gasteiger partial charge in [-0.2, -0.15) is 0 Å². The summed E-state index contributed by atoms with van der Waals surface area (Å²) < 4.78 is 12.9. The van der Waals surface area contributed by atoms with E-state index in [1.807, 2.05) is 0 Å². The molecule has 16 rings (SSSR count). The summed E-state index contributed by atoms with van der Waals surface area (Å²) in [5.74, 6) is 0.399. The normalized spacial score (nSPS) is 14.6. The fourth-order valence-electron chi connectivity index (χ4n) is 15.5. The van der Waals surface area contributed by atoms with Gasteiger partial charge in [0.15, 0.2) is 0 Å². The maximum atomic E-state index is 6.47. The SMILES string of the molecule is CC(C)(C)c1ccc(-c2cc(C(C)(C)C)ccc2N2c3cc(-c4ccc5oc6ccccc6c5c4)ccc3B3c4ccc(-c5ccc6oc7ccccc7c6c5)cc4N(c4ccc(C(C)(C)C)cc4-c4ccc(C(C)(C)C)cc4)c4cc(C5CCCCC5)cc2c43)cc1. The van der Waals surface area contributed by atoms with E-state index in [-0.39, 0.29) is 28.4 Å². The topological polar surface area (TPSA) is 32.8 Å². The number of hydrogen-bond donors (Lipinski definition) is 0. The van der Waals surface area contributed by atoms with Gasteiger partial charge in [-0.15, -0.1) is 0 Å². The minimum atomic E-state index is -0.122. The van der Waals surface area contributed by atoms with Crippen LogP contribution in [-0.4, -0.2) is 6.71 Å². The van der Waals surface area contributed by atoms with Crippen LogP contribution in [0.15, 0.2) is 227 Å². The van der Waals surface area contributed by atoms with E-state index in [1.54, 1.807) is 0 Å². The summed E-state index contributed by atoms with van der Waals surface area (Å²) in [6.07, 6.45) is 6.05. The van der Waals surface area contributed by atoms with E-state index in [9.17, 15) is 0 Å². The highest BCUT2D eigenvalue weighted by Gasteiger charge is 2.45. The Bertz CT molecular complexity index is 4810. The van der Waals surface area contributed by atoms with E-state index in [0.29, 0.717) is 5.92 Å². The van der Waals surface area contributed by atoms with Crippen LogP contribution < -0.4 is 26.2 Å². The van der Waals surface area contributed by atoms with E-state index in [1.165, 1.54) is 120 Å². The minimum Gasteiger partial charge on any atom is -0.456 e. The van der Waals surface area contributed by atoms with Crippen molar-refractivity contribution in [3.05, 3.63) is 246 Å². The molecule has 13 aromatic rings. The number of nitrogens with zero attached hydrogens (tertiary/aromatic N) is 2. The summed E-state index contributed by atoms with van der Waals surface area (Å²) >= 11 is 0. The first-order valence-corrected chi connectivity index (χ1v) is 34.0. The van der Waals surface area contributed by atoms with Crippen molar-refractivity contribution < 1.29 is 8.83 Å². The van der Waals surface area contributed by atoms with Gasteiger partial charge in [-0.1, -0.05) is 236 Å². The summed E-state index contributed by atoms with van der Waals surface area (Å²) in [5.41, 5.74) is 30.7. The number of para-hydroxylation sites is 2. The summed E-state index contributed by atoms with van der Waals surface area (Å²) in [6.45, 7) is 27.9. The molecule has 4 nitrogen and oxygen atoms in total. The van der Waals surface area contributed by atoms with Gasteiger partial charge < -0.3 is 18.6 Å². The third-order valence-corrected chi connectivity index (χ3v) is 20.9. The number of anilines is 6. The molecule has 460 valence electrons. The molecule has 2 aliphatic heterocycles. The lowest BCUT2D eigenvalue weighted by Gasteiger charge is -2.46. The van der Waals surface area contributed by atoms with Crippen LogP contribution in [0.25, 0.3) is 88.4 Å². The van der Waals surface area contributed by atoms with Gasteiger partial charge in [0, 0.05) is 55.4 Å². The molecular formula is C88H83BN2O2. The molecule has 0 unspecified atom stereocenters. The zero-order valence-electron chi connectivity index (χ0n) is 56.2. The lowest BCUT2D eigenvalue weighted by atomic mass is 9.33. The second-order valence-electron chi connectivity index (χ2n) is 31.2. The van der Waals surface area contributed by atoms with Crippen LogP contribution in [0.3, 0.4) is 0 Å². The maximum Gasteiger partial charge on any atom is 0.252 e. The molecule has 11 aromatic carbocycles. The van der Waals surface area contributed by atoms with Gasteiger partial charge in [0.2, 0.25) is 0 Å². The predicted molar refractivity (Wildman–Crippen MR) is 397 cm³/mol. The summed E-state index contributed by atoms with van der Waals surface area (Å²) in [6, 6.07) is 84.3. The van der Waals surface area contributed by atoms with Gasteiger partial charge in [0.05, 0.1) is 11.4 Å². The molecule has 0 radical (unpaired) electrons. The molecule has 1 aliphatic carbocycles. The molecule has 0 saturated heterocycles. The number of hydrogen-bond acceptors (Lipinski definition) is 4. The fourth-order valence-corrected chi connectivity index (χ4v) is 15.5. The van der Waals surface area contributed by atoms with Crippen molar-refractivity contribution in [1.29, 1.82) is 0 Å². The monoisotopic (exact) mass is 1210 g/mol. The third-order valence-electron chi connectivity index (χ3n) is 20.9. The Labute approximate surface area is 550 Å². The molecular weight excluding hydrogens is 1130 g/mol. The first kappa shape index (κ1) is 58.7. The van der Waals surface area contributed by atoms with E-state index in [2.05, 4.69) is 311 Å². The van der Waals surface area contributed by atoms with Crippen LogP contribution in [0.5, 0.6) is 0 Å². The highest BCUT2D eigenvalue weighted by Crippen LogP contribution is 2.53. The van der Waals surface area contributed by atoms with Crippen molar-refractivity contribution in [2.24, 2.45) is 0 Å². The third kappa shape index (κ3) is 10.1. The first-order valence-electron chi connectivity index (χ1n) is 34.0. The average molecular weight is 1210 g/mol. The zero-order valence-corrected chi connectivity index (χ0v) is 56.2. The zero-order chi connectivity index (χ0) is 64.0. The highest BCUT2D eigenvalue weighted by molar-refractivity contribution is 7.00. The summed E-state index contributed by atoms with van der Waals surface area (Å²) in [5, 5.41) is 4.51. The van der Waals surface area contributed by atoms with E-state index in [0.717, 1.165) is 79.0 Å². The lowest BCUT2D eigenvalue weighted by Crippen LogP contribution is -2.61. The minimum absolute atomic E-state index is 0.00423. The highest BCUT2D eigenvalue weighted by atomic mass is 16.3. The van der Waals surface area contributed by atoms with E-state index >= 15 is 0 Å². The van der Waals surface area contributed by atoms with E-state index < -0.39 is 0 Å². The fraction of sp³-hybridized carbons (Fsp3) is 0.250. The van der Waals surface area contributed by atoms with Gasteiger partial charge in [0.25, 0.3) is 6.71 Å². The molecule has 5 heteroatoms. The number of rotatable bonds is 7. The van der Waals surface area contributed by atoms with Crippen LogP contribution in [0.2, 0.25) is 0 Å². The average Bonchev–Trinajstić information content (AvgIpc) is 1.24. The number of benzene rings is 11. The molecule has 4 heterocycles. The largest absolute Gasteiger partial charge is 0.456 e. The molecule has 0 amide bonds. The Morgan fingerprint density at radius 3 is 1.10 bits per heavy atom. The molecule has 93 heavy (non-hydrogen) atoms. The van der Waals surface area contributed by atoms with Crippen LogP contribution in [-0.2, 0) is 21.7 Å². The van der Waals surface area contributed by atoms with Crippen LogP contribution in [0.4, 0.5) is 34.1 Å². The van der Waals surface area contributed by atoms with Crippen molar-refractivity contribution in [1.82, 2.24) is 0 Å². The number of furan rings is 2. The second-order valence-corrected chi connectivity index (χ2v) is 31.2. The molecule has 0 N–H and O–H groups in total. The van der Waals surface area contributed by atoms with Crippen molar-refractivity contribution in [2.45, 2.75) is 143 Å². The van der Waals surface area contributed by atoms with Gasteiger partial charge in [-0.25, -0.2) is 0 Å². The molecule has 1 fully saturated rings. The van der Waals surface area contributed by atoms with Gasteiger partial charge >= 0.3 is 0 Å². The Morgan fingerprint density at radius 2 is 0.677 bits per heavy atom. The van der Waals surface area contributed by atoms with Crippen LogP contribution in [0, 0.1) is 0 Å². The number of fused-ring (bicyclic) bond motifs is 10. The Morgan fingerprint density at radius 1 is 0.312 bits per heavy atom. The molecule has 0 atom stereocenters. The van der Waals surface area contributed by atoms with Crippen molar-refractivity contribution in [3.63, 3.8) is 0 Å². The Balaban J connectivity index is 1.01. The Kier molecular flexibility index (Phi) is 13.7. The second kappa shape index (κ2) is 21.6. The van der Waals surface area contributed by atoms with E-state index in [4.69, 9.17) is 8.83 Å². The molecule has 0 spiro atoms. The maximum absolute atomic E-state index is 6.47. The van der Waals surface area contributed by atoms with Crippen LogP contribution in [0.1, 0.15) is 149 Å². The lowest BCUT2D eigenvalue weighted by molar-refractivity contribution is 0.444. The van der Waals surface area contributed by atoms with Gasteiger partial charge in [-0.05, 0) is 203 Å². The van der Waals surface area contributed by atoms with Gasteiger partial charge in [0.1, 0.15) is 22.3 Å². The van der Waals surface area contributed by atoms with Crippen molar-refractivity contribution in [2.75, 3.05) is 9.80 Å². The summed E-state index contributed by atoms with van der Waals surface area (Å²) in [4.78, 5) is 5.42. The molecule has 0 bridgehead atoms. The molecule has 1 saturated carbocycles. The smallest absolute Gasteiger partial charge is 0.252 e. The quantitative estimate of drug-likeness (QED) is 0.149. The van der Waals surface area contributed by atoms with Crippen molar-refractivity contribution >= 4 is 101 Å². The molecule has 2 aromatic heterocycles. The van der Waals surface area contributed by atoms with Crippen molar-refractivity contribution in [3.8, 4) is 44.5 Å². The summed E-state index contributed by atoms with van der Waals surface area (Å²) in [7, 11) is 0. The standard InChI is InChI=1S/C88H83BN2O2/c1-85(2,3)62-34-26-55(27-35-62)68-52-64(87(7,8)9)38-42-74(68)90-76-48-59(57-32-44-82-70(46-57)66-22-16-18-24-80(66)92-82)30-40-72(76)89-73-41-31-60(58-33-45-83-71(47-58)67-23-17-19-25-81(67)93-83)49-77(73)91(79-51-61(50-78(90)84(79)89)54-20-14-13-15-21-54)75-43-39-65(88(10,11)12)53-69(75)56-28-36-63(37-29-56)86(4,5)6/h16-19,22-54H,13-15,20-21H2,1-12H3. The van der Waals surface area contributed by atoms with Crippen LogP contribution >= 0.6 is 0 Å². The predicted octanol–water partition coefficient (Wildman–Crippen LogP) is 23.5. The first-order chi connectivity index (χ1) is 44.6. The molecule has 3 aliphatic rings. The van der Waals surface area contributed by atoms with Gasteiger partial charge in [-0.3, -0.25) is 0 Å².